The lowest BCUT2D eigenvalue weighted by molar-refractivity contribution is -0.164. The van der Waals surface area contributed by atoms with E-state index < -0.39 is 17.5 Å². The normalized spacial score (nSPS) is 28.5. The number of nitrogens with zero attached hydrogens (tertiary/aromatic N) is 1. The van der Waals surface area contributed by atoms with E-state index in [1.165, 1.54) is 4.90 Å². The Bertz CT molecular complexity index is 382. The molecule has 94 valence electrons. The first kappa shape index (κ1) is 12.1. The van der Waals surface area contributed by atoms with E-state index in [1.807, 2.05) is 0 Å². The first-order valence-electron chi connectivity index (χ1n) is 5.87. The van der Waals surface area contributed by atoms with E-state index in [-0.39, 0.29) is 17.9 Å². The second-order valence-corrected chi connectivity index (χ2v) is 5.67. The number of esters is 1. The number of ether oxygens (including phenoxy) is 1. The highest BCUT2D eigenvalue weighted by Crippen LogP contribution is 2.32. The average Bonchev–Trinajstić information content (AvgIpc) is 2.69. The molecule has 5 nitrogen and oxygen atoms in total. The van der Waals surface area contributed by atoms with Crippen LogP contribution in [0, 0.1) is 5.41 Å². The number of imide groups is 1. The number of fused-ring (bicyclic) bond motifs is 1. The Balaban J connectivity index is 2.04. The van der Waals surface area contributed by atoms with Crippen LogP contribution in [0.2, 0.25) is 0 Å². The molecular formula is C12H17NO4. The maximum atomic E-state index is 11.9. The molecule has 0 aliphatic carbocycles. The van der Waals surface area contributed by atoms with E-state index in [0.717, 1.165) is 0 Å². The van der Waals surface area contributed by atoms with Crippen LogP contribution in [-0.2, 0) is 19.1 Å². The highest BCUT2D eigenvalue weighted by Gasteiger charge is 2.48. The molecule has 2 heterocycles. The molecule has 2 rings (SSSR count). The van der Waals surface area contributed by atoms with Crippen LogP contribution in [0.3, 0.4) is 0 Å². The van der Waals surface area contributed by atoms with Gasteiger partial charge in [0.2, 0.25) is 5.91 Å². The second kappa shape index (κ2) is 3.82. The van der Waals surface area contributed by atoms with Crippen molar-refractivity contribution in [1.29, 1.82) is 0 Å². The minimum atomic E-state index is -0.768. The summed E-state index contributed by atoms with van der Waals surface area (Å²) in [6, 6.07) is -0.0623. The van der Waals surface area contributed by atoms with Crippen molar-refractivity contribution in [1.82, 2.24) is 4.90 Å². The van der Waals surface area contributed by atoms with E-state index in [1.54, 1.807) is 20.8 Å². The van der Waals surface area contributed by atoms with Crippen LogP contribution in [-0.4, -0.2) is 34.8 Å². The molecular weight excluding hydrogens is 222 g/mol. The molecule has 0 spiro atoms. The quantitative estimate of drug-likeness (QED) is 0.503. The van der Waals surface area contributed by atoms with Crippen LogP contribution in [0.25, 0.3) is 0 Å². The van der Waals surface area contributed by atoms with Crippen molar-refractivity contribution in [2.75, 3.05) is 0 Å². The fraction of sp³-hybridized carbons (Fsp3) is 0.750. The predicted octanol–water partition coefficient (Wildman–Crippen LogP) is 0.866. The highest BCUT2D eigenvalue weighted by atomic mass is 16.6. The van der Waals surface area contributed by atoms with Crippen molar-refractivity contribution in [2.24, 2.45) is 5.41 Å². The van der Waals surface area contributed by atoms with E-state index in [9.17, 15) is 14.4 Å². The zero-order valence-corrected chi connectivity index (χ0v) is 10.4. The van der Waals surface area contributed by atoms with Crippen molar-refractivity contribution in [3.63, 3.8) is 0 Å². The van der Waals surface area contributed by atoms with Gasteiger partial charge in [-0.25, -0.2) is 0 Å². The SMILES string of the molecule is CC(C)(C)C(=O)O[C@@H]1C[C@H]2CCC(=O)N2C1=O. The van der Waals surface area contributed by atoms with Gasteiger partial charge in [0.25, 0.3) is 5.91 Å². The molecule has 2 amide bonds. The van der Waals surface area contributed by atoms with Crippen molar-refractivity contribution < 1.29 is 19.1 Å². The summed E-state index contributed by atoms with van der Waals surface area (Å²) in [5, 5.41) is 0. The molecule has 2 aliphatic heterocycles. The average molecular weight is 239 g/mol. The van der Waals surface area contributed by atoms with Crippen LogP contribution in [0.15, 0.2) is 0 Å². The zero-order chi connectivity index (χ0) is 12.8. The Kier molecular flexibility index (Phi) is 2.72. The van der Waals surface area contributed by atoms with E-state index >= 15 is 0 Å². The molecule has 0 aromatic carbocycles. The molecule has 0 unspecified atom stereocenters. The number of hydrogen-bond acceptors (Lipinski definition) is 4. The van der Waals surface area contributed by atoms with Crippen LogP contribution < -0.4 is 0 Å². The lowest BCUT2D eigenvalue weighted by Gasteiger charge is -2.19. The van der Waals surface area contributed by atoms with Crippen LogP contribution in [0.5, 0.6) is 0 Å². The Morgan fingerprint density at radius 2 is 2.00 bits per heavy atom. The number of carbonyl (C=O) groups is 3. The molecule has 2 saturated heterocycles. The Morgan fingerprint density at radius 3 is 2.53 bits per heavy atom. The Hall–Kier alpha value is -1.39. The molecule has 0 saturated carbocycles. The summed E-state index contributed by atoms with van der Waals surface area (Å²) < 4.78 is 5.19. The van der Waals surface area contributed by atoms with Gasteiger partial charge in [0.1, 0.15) is 0 Å². The first-order valence-corrected chi connectivity index (χ1v) is 5.87. The summed E-state index contributed by atoms with van der Waals surface area (Å²) in [6.45, 7) is 5.21. The third kappa shape index (κ3) is 2.06. The Morgan fingerprint density at radius 1 is 1.35 bits per heavy atom. The van der Waals surface area contributed by atoms with Gasteiger partial charge in [0.15, 0.2) is 6.10 Å². The monoisotopic (exact) mass is 239 g/mol. The molecule has 0 aromatic rings. The molecule has 17 heavy (non-hydrogen) atoms. The first-order chi connectivity index (χ1) is 7.80. The van der Waals surface area contributed by atoms with Gasteiger partial charge in [-0.05, 0) is 27.2 Å². The van der Waals surface area contributed by atoms with Gasteiger partial charge >= 0.3 is 5.97 Å². The molecule has 0 N–H and O–H groups in total. The van der Waals surface area contributed by atoms with Crippen LogP contribution in [0.4, 0.5) is 0 Å². The van der Waals surface area contributed by atoms with Crippen LogP contribution in [0.1, 0.15) is 40.0 Å². The number of amides is 2. The summed E-state index contributed by atoms with van der Waals surface area (Å²) in [7, 11) is 0. The zero-order valence-electron chi connectivity index (χ0n) is 10.4. The van der Waals surface area contributed by atoms with Gasteiger partial charge in [-0.15, -0.1) is 0 Å². The number of hydrogen-bond donors (Lipinski definition) is 0. The molecule has 2 fully saturated rings. The van der Waals surface area contributed by atoms with Crippen molar-refractivity contribution in [3.05, 3.63) is 0 Å². The lowest BCUT2D eigenvalue weighted by Crippen LogP contribution is -2.37. The fourth-order valence-electron chi connectivity index (χ4n) is 2.18. The summed E-state index contributed by atoms with van der Waals surface area (Å²) in [6.07, 6.45) is 0.799. The van der Waals surface area contributed by atoms with E-state index in [2.05, 4.69) is 0 Å². The summed E-state index contributed by atoms with van der Waals surface area (Å²) >= 11 is 0. The van der Waals surface area contributed by atoms with E-state index in [0.29, 0.717) is 19.3 Å². The van der Waals surface area contributed by atoms with E-state index in [4.69, 9.17) is 4.74 Å². The maximum absolute atomic E-state index is 11.9. The van der Waals surface area contributed by atoms with Gasteiger partial charge < -0.3 is 4.74 Å². The lowest BCUT2D eigenvalue weighted by atomic mass is 9.97. The molecule has 2 atom stereocenters. The summed E-state index contributed by atoms with van der Waals surface area (Å²) in [5.74, 6) is -0.895. The summed E-state index contributed by atoms with van der Waals surface area (Å²) in [4.78, 5) is 36.3. The largest absolute Gasteiger partial charge is 0.452 e. The Labute approximate surface area is 100 Å². The van der Waals surface area contributed by atoms with Crippen molar-refractivity contribution in [2.45, 2.75) is 52.2 Å². The molecule has 2 aliphatic rings. The fourth-order valence-corrected chi connectivity index (χ4v) is 2.18. The number of rotatable bonds is 1. The topological polar surface area (TPSA) is 63.7 Å². The van der Waals surface area contributed by atoms with Gasteiger partial charge in [-0.1, -0.05) is 0 Å². The minimum Gasteiger partial charge on any atom is -0.452 e. The van der Waals surface area contributed by atoms with Crippen molar-refractivity contribution >= 4 is 17.8 Å². The summed E-state index contributed by atoms with van der Waals surface area (Å²) in [5.41, 5.74) is -0.628. The van der Waals surface area contributed by atoms with Gasteiger partial charge in [0.05, 0.1) is 5.41 Å². The smallest absolute Gasteiger partial charge is 0.312 e. The third-order valence-corrected chi connectivity index (χ3v) is 3.19. The van der Waals surface area contributed by atoms with Gasteiger partial charge in [-0.2, -0.15) is 0 Å². The number of carbonyl (C=O) groups excluding carboxylic acids is 3. The maximum Gasteiger partial charge on any atom is 0.312 e. The second-order valence-electron chi connectivity index (χ2n) is 5.67. The van der Waals surface area contributed by atoms with Crippen LogP contribution >= 0.6 is 0 Å². The van der Waals surface area contributed by atoms with Gasteiger partial charge in [-0.3, -0.25) is 19.3 Å². The molecule has 0 aromatic heterocycles. The molecule has 0 radical (unpaired) electrons. The van der Waals surface area contributed by atoms with Crippen molar-refractivity contribution in [3.8, 4) is 0 Å². The standard InChI is InChI=1S/C12H17NO4/c1-12(2,3)11(16)17-8-6-7-4-5-9(14)13(7)10(8)15/h7-8H,4-6H2,1-3H3/t7-,8-/m1/s1. The molecule has 5 heteroatoms. The van der Waals surface area contributed by atoms with Gasteiger partial charge in [0, 0.05) is 18.9 Å². The highest BCUT2D eigenvalue weighted by molar-refractivity contribution is 6.01. The third-order valence-electron chi connectivity index (χ3n) is 3.19. The molecule has 0 bridgehead atoms. The predicted molar refractivity (Wildman–Crippen MR) is 58.8 cm³/mol. The minimum absolute atomic E-state index is 0.0623.